The third-order valence-corrected chi connectivity index (χ3v) is 2.79. The van der Waals surface area contributed by atoms with E-state index in [-0.39, 0.29) is 0 Å². The summed E-state index contributed by atoms with van der Waals surface area (Å²) >= 11 is 6.13. The minimum atomic E-state index is 0.468. The molecule has 1 aromatic rings. The molecule has 80 valence electrons. The van der Waals surface area contributed by atoms with Crippen LogP contribution in [0.4, 0.5) is 11.8 Å². The summed E-state index contributed by atoms with van der Waals surface area (Å²) in [6.45, 7) is 4.06. The average Bonchev–Trinajstić information content (AvgIpc) is 3.09. The summed E-state index contributed by atoms with van der Waals surface area (Å²) < 4.78 is 5.15. The van der Waals surface area contributed by atoms with E-state index in [9.17, 15) is 0 Å². The highest BCUT2D eigenvalue weighted by Crippen LogP contribution is 2.36. The first kappa shape index (κ1) is 9.03. The first-order valence-electron chi connectivity index (χ1n) is 4.91. The van der Waals surface area contributed by atoms with Crippen LogP contribution in [0.15, 0.2) is 0 Å². The van der Waals surface area contributed by atoms with E-state index in [0.717, 1.165) is 37.9 Å². The van der Waals surface area contributed by atoms with Crippen LogP contribution in [-0.4, -0.2) is 43.3 Å². The quantitative estimate of drug-likeness (QED) is 0.713. The molecule has 3 rings (SSSR count). The molecule has 2 fully saturated rings. The Morgan fingerprint density at radius 1 is 1.13 bits per heavy atom. The molecule has 0 aliphatic carbocycles. The SMILES string of the molecule is COc1nc(N2CC2)nc(N2CC2)c1Cl. The minimum absolute atomic E-state index is 0.468. The molecule has 3 heterocycles. The predicted molar refractivity (Wildman–Crippen MR) is 58.0 cm³/mol. The monoisotopic (exact) mass is 226 g/mol. The summed E-state index contributed by atoms with van der Waals surface area (Å²) in [4.78, 5) is 12.9. The van der Waals surface area contributed by atoms with Crippen LogP contribution in [0.1, 0.15) is 0 Å². The topological polar surface area (TPSA) is 41.0 Å². The van der Waals surface area contributed by atoms with Crippen LogP contribution >= 0.6 is 11.6 Å². The second-order valence-electron chi connectivity index (χ2n) is 3.64. The Balaban J connectivity index is 2.06. The van der Waals surface area contributed by atoms with Crippen molar-refractivity contribution < 1.29 is 4.74 Å². The van der Waals surface area contributed by atoms with E-state index in [1.54, 1.807) is 7.11 Å². The van der Waals surface area contributed by atoms with Gasteiger partial charge in [-0.2, -0.15) is 9.97 Å². The fourth-order valence-electron chi connectivity index (χ4n) is 1.40. The number of rotatable bonds is 3. The molecule has 2 aliphatic rings. The van der Waals surface area contributed by atoms with Gasteiger partial charge in [0.1, 0.15) is 5.02 Å². The van der Waals surface area contributed by atoms with E-state index in [4.69, 9.17) is 16.3 Å². The van der Waals surface area contributed by atoms with Crippen molar-refractivity contribution in [1.82, 2.24) is 9.97 Å². The Kier molecular flexibility index (Phi) is 1.88. The van der Waals surface area contributed by atoms with Gasteiger partial charge in [-0.15, -0.1) is 0 Å². The maximum Gasteiger partial charge on any atom is 0.239 e. The number of methoxy groups -OCH3 is 1. The Bertz CT molecular complexity index is 403. The van der Waals surface area contributed by atoms with Crippen LogP contribution < -0.4 is 14.5 Å². The summed E-state index contributed by atoms with van der Waals surface area (Å²) in [7, 11) is 1.58. The standard InChI is InChI=1S/C9H11ClN4O/c1-15-8-6(10)7(13-2-3-13)11-9(12-8)14-4-5-14/h2-5H2,1H3. The third-order valence-electron chi connectivity index (χ3n) is 2.46. The molecule has 2 aliphatic heterocycles. The highest BCUT2D eigenvalue weighted by molar-refractivity contribution is 6.34. The molecule has 0 unspecified atom stereocenters. The van der Waals surface area contributed by atoms with Gasteiger partial charge < -0.3 is 14.5 Å². The normalized spacial score (nSPS) is 18.0. The number of hydrogen-bond acceptors (Lipinski definition) is 5. The van der Waals surface area contributed by atoms with E-state index in [1.807, 2.05) is 0 Å². The molecule has 6 heteroatoms. The second kappa shape index (κ2) is 3.13. The van der Waals surface area contributed by atoms with Crippen molar-refractivity contribution >= 4 is 23.4 Å². The molecule has 0 saturated carbocycles. The number of aromatic nitrogens is 2. The smallest absolute Gasteiger partial charge is 0.239 e. The van der Waals surface area contributed by atoms with Gasteiger partial charge in [-0.3, -0.25) is 0 Å². The van der Waals surface area contributed by atoms with Gasteiger partial charge in [0.25, 0.3) is 0 Å². The van der Waals surface area contributed by atoms with Crippen LogP contribution in [-0.2, 0) is 0 Å². The molecule has 0 amide bonds. The van der Waals surface area contributed by atoms with E-state index < -0.39 is 0 Å². The van der Waals surface area contributed by atoms with Gasteiger partial charge in [-0.1, -0.05) is 11.6 Å². The van der Waals surface area contributed by atoms with Crippen molar-refractivity contribution in [3.63, 3.8) is 0 Å². The van der Waals surface area contributed by atoms with Crippen molar-refractivity contribution in [3.05, 3.63) is 5.02 Å². The Labute approximate surface area is 92.6 Å². The fraction of sp³-hybridized carbons (Fsp3) is 0.556. The van der Waals surface area contributed by atoms with Gasteiger partial charge in [-0.05, 0) is 0 Å². The molecular weight excluding hydrogens is 216 g/mol. The van der Waals surface area contributed by atoms with Crippen LogP contribution in [0.5, 0.6) is 5.88 Å². The highest BCUT2D eigenvalue weighted by atomic mass is 35.5. The lowest BCUT2D eigenvalue weighted by Gasteiger charge is -2.10. The molecular formula is C9H11ClN4O. The molecule has 0 N–H and O–H groups in total. The van der Waals surface area contributed by atoms with Crippen molar-refractivity contribution in [2.75, 3.05) is 43.1 Å². The number of hydrogen-bond donors (Lipinski definition) is 0. The first-order valence-corrected chi connectivity index (χ1v) is 5.29. The van der Waals surface area contributed by atoms with Gasteiger partial charge in [0.05, 0.1) is 7.11 Å². The lowest BCUT2D eigenvalue weighted by Crippen LogP contribution is -2.05. The lowest BCUT2D eigenvalue weighted by atomic mass is 10.5. The largest absolute Gasteiger partial charge is 0.480 e. The third kappa shape index (κ3) is 1.56. The van der Waals surface area contributed by atoms with Gasteiger partial charge >= 0.3 is 0 Å². The Morgan fingerprint density at radius 3 is 2.33 bits per heavy atom. The fourth-order valence-corrected chi connectivity index (χ4v) is 1.68. The van der Waals surface area contributed by atoms with E-state index >= 15 is 0 Å². The Hall–Kier alpha value is -1.23. The van der Waals surface area contributed by atoms with Crippen LogP contribution in [0.2, 0.25) is 5.02 Å². The maximum atomic E-state index is 6.13. The van der Waals surface area contributed by atoms with Crippen molar-refractivity contribution in [3.8, 4) is 5.88 Å². The van der Waals surface area contributed by atoms with Gasteiger partial charge in [0, 0.05) is 26.2 Å². The number of anilines is 2. The first-order chi connectivity index (χ1) is 7.29. The van der Waals surface area contributed by atoms with Gasteiger partial charge in [-0.25, -0.2) is 0 Å². The molecule has 1 aromatic heterocycles. The predicted octanol–water partition coefficient (Wildman–Crippen LogP) is 0.779. The summed E-state index contributed by atoms with van der Waals surface area (Å²) in [6, 6.07) is 0. The summed E-state index contributed by atoms with van der Waals surface area (Å²) in [6.07, 6.45) is 0. The van der Waals surface area contributed by atoms with Crippen molar-refractivity contribution in [2.24, 2.45) is 0 Å². The summed E-state index contributed by atoms with van der Waals surface area (Å²) in [5, 5.41) is 0.514. The Morgan fingerprint density at radius 2 is 1.80 bits per heavy atom. The average molecular weight is 227 g/mol. The van der Waals surface area contributed by atoms with Crippen LogP contribution in [0.25, 0.3) is 0 Å². The minimum Gasteiger partial charge on any atom is -0.480 e. The number of halogens is 1. The van der Waals surface area contributed by atoms with E-state index in [1.165, 1.54) is 0 Å². The van der Waals surface area contributed by atoms with E-state index in [0.29, 0.717) is 10.9 Å². The number of ether oxygens (including phenoxy) is 1. The number of nitrogens with zero attached hydrogens (tertiary/aromatic N) is 4. The summed E-state index contributed by atoms with van der Waals surface area (Å²) in [5.41, 5.74) is 0. The zero-order valence-corrected chi connectivity index (χ0v) is 9.16. The molecule has 0 spiro atoms. The lowest BCUT2D eigenvalue weighted by molar-refractivity contribution is 0.398. The van der Waals surface area contributed by atoms with Gasteiger partial charge in [0.2, 0.25) is 11.8 Å². The zero-order valence-electron chi connectivity index (χ0n) is 8.40. The van der Waals surface area contributed by atoms with E-state index in [2.05, 4.69) is 19.8 Å². The van der Waals surface area contributed by atoms with Crippen LogP contribution in [0, 0.1) is 0 Å². The maximum absolute atomic E-state index is 6.13. The molecule has 0 aromatic carbocycles. The zero-order chi connectivity index (χ0) is 10.4. The highest BCUT2D eigenvalue weighted by Gasteiger charge is 2.29. The molecule has 0 atom stereocenters. The summed E-state index contributed by atoms with van der Waals surface area (Å²) in [5.74, 6) is 1.99. The van der Waals surface area contributed by atoms with Crippen molar-refractivity contribution in [2.45, 2.75) is 0 Å². The molecule has 5 nitrogen and oxygen atoms in total. The molecule has 15 heavy (non-hydrogen) atoms. The van der Waals surface area contributed by atoms with Crippen LogP contribution in [0.3, 0.4) is 0 Å². The van der Waals surface area contributed by atoms with Crippen molar-refractivity contribution in [1.29, 1.82) is 0 Å². The molecule has 2 saturated heterocycles. The molecule has 0 radical (unpaired) electrons. The van der Waals surface area contributed by atoms with Gasteiger partial charge in [0.15, 0.2) is 5.82 Å². The molecule has 0 bridgehead atoms. The second-order valence-corrected chi connectivity index (χ2v) is 4.02.